The molecule has 0 spiro atoms. The van der Waals surface area contributed by atoms with Crippen LogP contribution in [0.1, 0.15) is 17.4 Å². The molecular formula is C29H39NO10S. The van der Waals surface area contributed by atoms with Crippen molar-refractivity contribution >= 4 is 10.0 Å². The molecule has 6 atom stereocenters. The maximum Gasteiger partial charge on any atom is 0.243 e. The quantitative estimate of drug-likeness (QED) is 0.524. The lowest BCUT2D eigenvalue weighted by atomic mass is 9.97. The standard InChI is InChI=1S/C29H39NO10S/c1-21-8-10-23(11-9-21)41(31,32)30-12-14-34-16-18-36-26-25-24(20-38-28(40-25)22-6-4-3-5-7-22)39-29(33-2)27(26)37-19-17-35-15-13-30/h3-11,24-29H,12-20H2,1-2H3/t24-,25-,26+,27-,28-,29+/m1/s1. The number of methoxy groups -OCH3 is 1. The molecule has 0 radical (unpaired) electrons. The van der Waals surface area contributed by atoms with Crippen LogP contribution in [-0.2, 0) is 47.9 Å². The minimum atomic E-state index is -3.71. The van der Waals surface area contributed by atoms with Gasteiger partial charge in [0.25, 0.3) is 0 Å². The highest BCUT2D eigenvalue weighted by molar-refractivity contribution is 7.89. The summed E-state index contributed by atoms with van der Waals surface area (Å²) in [5.41, 5.74) is 1.89. The van der Waals surface area contributed by atoms with E-state index in [1.807, 2.05) is 37.3 Å². The van der Waals surface area contributed by atoms with Crippen molar-refractivity contribution < 1.29 is 46.3 Å². The summed E-state index contributed by atoms with van der Waals surface area (Å²) in [5, 5.41) is 0. The summed E-state index contributed by atoms with van der Waals surface area (Å²) in [5.74, 6) is 0. The Morgan fingerprint density at radius 2 is 1.41 bits per heavy atom. The van der Waals surface area contributed by atoms with E-state index < -0.39 is 47.0 Å². The summed E-state index contributed by atoms with van der Waals surface area (Å²) in [6.07, 6.45) is -3.28. The van der Waals surface area contributed by atoms with Gasteiger partial charge < -0.3 is 37.9 Å². The first-order valence-corrected chi connectivity index (χ1v) is 15.4. The van der Waals surface area contributed by atoms with Gasteiger partial charge in [-0.3, -0.25) is 0 Å². The molecule has 0 bridgehead atoms. The maximum absolute atomic E-state index is 13.3. The minimum absolute atomic E-state index is 0.185. The maximum atomic E-state index is 13.3. The van der Waals surface area contributed by atoms with E-state index in [4.69, 9.17) is 37.9 Å². The van der Waals surface area contributed by atoms with Crippen LogP contribution in [0.3, 0.4) is 0 Å². The summed E-state index contributed by atoms with van der Waals surface area (Å²) in [4.78, 5) is 0.238. The molecule has 0 amide bonds. The molecule has 41 heavy (non-hydrogen) atoms. The molecule has 2 aromatic carbocycles. The molecule has 0 aliphatic carbocycles. The van der Waals surface area contributed by atoms with Crippen molar-refractivity contribution in [3.8, 4) is 0 Å². The molecule has 3 heterocycles. The van der Waals surface area contributed by atoms with E-state index in [2.05, 4.69) is 0 Å². The van der Waals surface area contributed by atoms with E-state index in [1.54, 1.807) is 31.4 Å². The van der Waals surface area contributed by atoms with Crippen molar-refractivity contribution in [2.45, 2.75) is 48.8 Å². The smallest absolute Gasteiger partial charge is 0.243 e. The van der Waals surface area contributed by atoms with Crippen molar-refractivity contribution in [1.29, 1.82) is 0 Å². The number of hydrogen-bond acceptors (Lipinski definition) is 10. The summed E-state index contributed by atoms with van der Waals surface area (Å²) >= 11 is 0. The van der Waals surface area contributed by atoms with E-state index in [-0.39, 0.29) is 57.6 Å². The van der Waals surface area contributed by atoms with Crippen LogP contribution in [0, 0.1) is 6.92 Å². The summed E-state index contributed by atoms with van der Waals surface area (Å²) in [7, 11) is -2.15. The molecular weight excluding hydrogens is 554 g/mol. The van der Waals surface area contributed by atoms with E-state index in [1.165, 1.54) is 4.31 Å². The Bertz CT molecular complexity index is 1180. The van der Waals surface area contributed by atoms with Gasteiger partial charge in [-0.2, -0.15) is 4.31 Å². The first-order valence-electron chi connectivity index (χ1n) is 13.9. The molecule has 0 saturated carbocycles. The molecule has 11 nitrogen and oxygen atoms in total. The molecule has 3 aliphatic heterocycles. The van der Waals surface area contributed by atoms with Gasteiger partial charge in [0.2, 0.25) is 10.0 Å². The van der Waals surface area contributed by atoms with Gasteiger partial charge >= 0.3 is 0 Å². The van der Waals surface area contributed by atoms with Gasteiger partial charge in [-0.25, -0.2) is 8.42 Å². The molecule has 0 unspecified atom stereocenters. The number of benzene rings is 2. The van der Waals surface area contributed by atoms with E-state index in [9.17, 15) is 8.42 Å². The Morgan fingerprint density at radius 1 is 0.756 bits per heavy atom. The van der Waals surface area contributed by atoms with Crippen molar-refractivity contribution in [2.24, 2.45) is 0 Å². The number of sulfonamides is 1. The average Bonchev–Trinajstić information content (AvgIpc) is 3.00. The predicted octanol–water partition coefficient (Wildman–Crippen LogP) is 2.29. The fraction of sp³-hybridized carbons (Fsp3) is 0.586. The summed E-state index contributed by atoms with van der Waals surface area (Å²) < 4.78 is 76.2. The Hall–Kier alpha value is -1.97. The second kappa shape index (κ2) is 14.5. The highest BCUT2D eigenvalue weighted by Gasteiger charge is 2.51. The zero-order valence-electron chi connectivity index (χ0n) is 23.5. The fourth-order valence-corrected chi connectivity index (χ4v) is 6.52. The second-order valence-electron chi connectivity index (χ2n) is 10.1. The topological polar surface area (TPSA) is 111 Å². The van der Waals surface area contributed by atoms with E-state index >= 15 is 0 Å². The number of aryl methyl sites for hydroxylation is 1. The van der Waals surface area contributed by atoms with Crippen molar-refractivity contribution in [3.63, 3.8) is 0 Å². The second-order valence-corrected chi connectivity index (χ2v) is 12.0. The molecule has 12 heteroatoms. The molecule has 3 aliphatic rings. The Balaban J connectivity index is 1.26. The lowest BCUT2D eigenvalue weighted by molar-refractivity contribution is -0.368. The van der Waals surface area contributed by atoms with Crippen LogP contribution in [-0.4, -0.2) is 110 Å². The molecule has 0 aromatic heterocycles. The lowest BCUT2D eigenvalue weighted by Crippen LogP contribution is -2.63. The van der Waals surface area contributed by atoms with Gasteiger partial charge in [-0.05, 0) is 19.1 Å². The molecule has 226 valence electrons. The molecule has 0 N–H and O–H groups in total. The molecule has 2 aromatic rings. The predicted molar refractivity (Wildman–Crippen MR) is 147 cm³/mol. The van der Waals surface area contributed by atoms with E-state index in [0.717, 1.165) is 11.1 Å². The van der Waals surface area contributed by atoms with Crippen LogP contribution < -0.4 is 0 Å². The largest absolute Gasteiger partial charge is 0.378 e. The van der Waals surface area contributed by atoms with Crippen LogP contribution in [0.25, 0.3) is 0 Å². The van der Waals surface area contributed by atoms with Gasteiger partial charge in [0.15, 0.2) is 12.6 Å². The number of hydrogen-bond donors (Lipinski definition) is 0. The SMILES string of the molecule is CO[C@H]1O[C@@H]2CO[C@@H](c3ccccc3)O[C@H]2[C@@H]2OCCOCCN(S(=O)(=O)c3ccc(C)cc3)CCOCCO[C@@H]12. The Kier molecular flexibility index (Phi) is 10.8. The number of fused-ring (bicyclic) bond motifs is 3. The third-order valence-corrected chi connectivity index (χ3v) is 9.21. The van der Waals surface area contributed by atoms with Crippen LogP contribution in [0.5, 0.6) is 0 Å². The number of rotatable bonds is 4. The van der Waals surface area contributed by atoms with Gasteiger partial charge in [-0.15, -0.1) is 0 Å². The van der Waals surface area contributed by atoms with Crippen molar-refractivity contribution in [1.82, 2.24) is 4.31 Å². The zero-order chi connectivity index (χ0) is 28.7. The minimum Gasteiger partial charge on any atom is -0.378 e. The van der Waals surface area contributed by atoms with Gasteiger partial charge in [0, 0.05) is 25.8 Å². The van der Waals surface area contributed by atoms with Crippen LogP contribution >= 0.6 is 0 Å². The Morgan fingerprint density at radius 3 is 2.07 bits per heavy atom. The third-order valence-electron chi connectivity index (χ3n) is 7.29. The van der Waals surface area contributed by atoms with Crippen molar-refractivity contribution in [3.05, 3.63) is 65.7 Å². The van der Waals surface area contributed by atoms with Crippen molar-refractivity contribution in [2.75, 3.05) is 66.4 Å². The highest BCUT2D eigenvalue weighted by Crippen LogP contribution is 2.36. The number of ether oxygens (including phenoxy) is 8. The summed E-state index contributed by atoms with van der Waals surface area (Å²) in [6.45, 7) is 3.97. The zero-order valence-corrected chi connectivity index (χ0v) is 24.3. The average molecular weight is 594 g/mol. The normalized spacial score (nSPS) is 31.3. The lowest BCUT2D eigenvalue weighted by Gasteiger charge is -2.48. The highest BCUT2D eigenvalue weighted by atomic mass is 32.2. The first-order chi connectivity index (χ1) is 20.0. The fourth-order valence-electron chi connectivity index (χ4n) is 5.12. The van der Waals surface area contributed by atoms with Crippen LogP contribution in [0.2, 0.25) is 0 Å². The first kappa shape index (κ1) is 30.5. The monoisotopic (exact) mass is 593 g/mol. The molecule has 5 rings (SSSR count). The molecule has 3 fully saturated rings. The van der Waals surface area contributed by atoms with Gasteiger partial charge in [0.05, 0.1) is 51.1 Å². The van der Waals surface area contributed by atoms with Gasteiger partial charge in [-0.1, -0.05) is 48.0 Å². The summed E-state index contributed by atoms with van der Waals surface area (Å²) in [6, 6.07) is 16.5. The molecule has 3 saturated heterocycles. The van der Waals surface area contributed by atoms with Crippen LogP contribution in [0.15, 0.2) is 59.5 Å². The third kappa shape index (κ3) is 7.52. The van der Waals surface area contributed by atoms with Gasteiger partial charge in [0.1, 0.15) is 24.4 Å². The van der Waals surface area contributed by atoms with E-state index in [0.29, 0.717) is 6.61 Å². The Labute approximate surface area is 241 Å². The van der Waals surface area contributed by atoms with Crippen LogP contribution in [0.4, 0.5) is 0 Å². The number of nitrogens with zero attached hydrogens (tertiary/aromatic N) is 1.